The van der Waals surface area contributed by atoms with Crippen molar-refractivity contribution >= 4 is 17.7 Å². The molecule has 0 aliphatic heterocycles. The highest BCUT2D eigenvalue weighted by atomic mass is 32.2. The molecule has 1 aromatic carbocycles. The standard InChI is InChI=1S/C15H18F3N5O3S/c1-8(27-14-22-21-13(23(14)19)15(16,17)18)12(24)20-7-9-4-5-10(25-2)11(6-9)26-3/h4-6,8H,7,19H2,1-3H3,(H,20,24). The quantitative estimate of drug-likeness (QED) is 0.535. The van der Waals surface area contributed by atoms with Crippen LogP contribution in [-0.2, 0) is 17.5 Å². The molecule has 1 amide bonds. The topological polar surface area (TPSA) is 104 Å². The molecule has 1 heterocycles. The molecule has 12 heteroatoms. The van der Waals surface area contributed by atoms with Crippen LogP contribution in [0.15, 0.2) is 23.4 Å². The van der Waals surface area contributed by atoms with Gasteiger partial charge in [-0.1, -0.05) is 17.8 Å². The normalized spacial score (nSPS) is 12.5. The third-order valence-corrected chi connectivity index (χ3v) is 4.54. The largest absolute Gasteiger partial charge is 0.493 e. The van der Waals surface area contributed by atoms with Crippen molar-refractivity contribution in [1.82, 2.24) is 20.2 Å². The number of nitrogens with one attached hydrogen (secondary N) is 1. The van der Waals surface area contributed by atoms with Gasteiger partial charge in [0.2, 0.25) is 11.1 Å². The molecule has 8 nitrogen and oxygen atoms in total. The summed E-state index contributed by atoms with van der Waals surface area (Å²) in [4.78, 5) is 12.2. The van der Waals surface area contributed by atoms with E-state index in [9.17, 15) is 18.0 Å². The van der Waals surface area contributed by atoms with E-state index in [2.05, 4.69) is 15.5 Å². The monoisotopic (exact) mass is 405 g/mol. The number of nitrogens with two attached hydrogens (primary N) is 1. The first kappa shape index (κ1) is 20.7. The molecular formula is C15H18F3N5O3S. The smallest absolute Gasteiger partial charge is 0.453 e. The summed E-state index contributed by atoms with van der Waals surface area (Å²) in [5, 5.41) is 8.14. The molecule has 0 saturated heterocycles. The van der Waals surface area contributed by atoms with E-state index >= 15 is 0 Å². The van der Waals surface area contributed by atoms with Crippen molar-refractivity contribution in [2.24, 2.45) is 0 Å². The Balaban J connectivity index is 1.98. The van der Waals surface area contributed by atoms with Gasteiger partial charge in [0, 0.05) is 6.54 Å². The summed E-state index contributed by atoms with van der Waals surface area (Å²) in [7, 11) is 3.01. The van der Waals surface area contributed by atoms with Crippen molar-refractivity contribution < 1.29 is 27.4 Å². The van der Waals surface area contributed by atoms with Crippen LogP contribution < -0.4 is 20.6 Å². The Morgan fingerprint density at radius 2 is 1.96 bits per heavy atom. The van der Waals surface area contributed by atoms with Crippen LogP contribution in [0, 0.1) is 0 Å². The fourth-order valence-corrected chi connectivity index (χ4v) is 2.88. The molecule has 2 aromatic rings. The van der Waals surface area contributed by atoms with Gasteiger partial charge in [0.15, 0.2) is 11.5 Å². The van der Waals surface area contributed by atoms with E-state index in [4.69, 9.17) is 15.3 Å². The zero-order chi connectivity index (χ0) is 20.2. The fraction of sp³-hybridized carbons (Fsp3) is 0.400. The third kappa shape index (κ3) is 4.96. The maximum absolute atomic E-state index is 12.7. The van der Waals surface area contributed by atoms with Crippen LogP contribution >= 0.6 is 11.8 Å². The lowest BCUT2D eigenvalue weighted by Gasteiger charge is -2.13. The Morgan fingerprint density at radius 3 is 2.52 bits per heavy atom. The Labute approximate surface area is 157 Å². The average molecular weight is 405 g/mol. The highest BCUT2D eigenvalue weighted by Gasteiger charge is 2.38. The number of nitrogen functional groups attached to an aromatic ring is 1. The highest BCUT2D eigenvalue weighted by molar-refractivity contribution is 8.00. The number of carbonyl (C=O) groups is 1. The number of thioether (sulfide) groups is 1. The minimum atomic E-state index is -4.72. The lowest BCUT2D eigenvalue weighted by Crippen LogP contribution is -2.31. The first-order valence-corrected chi connectivity index (χ1v) is 8.48. The van der Waals surface area contributed by atoms with Crippen molar-refractivity contribution in [3.8, 4) is 11.5 Å². The summed E-state index contributed by atoms with van der Waals surface area (Å²) in [6, 6.07) is 5.17. The van der Waals surface area contributed by atoms with E-state index in [1.165, 1.54) is 21.1 Å². The predicted molar refractivity (Wildman–Crippen MR) is 91.9 cm³/mol. The molecule has 0 radical (unpaired) electrons. The maximum atomic E-state index is 12.7. The molecule has 1 aromatic heterocycles. The van der Waals surface area contributed by atoms with Gasteiger partial charge in [-0.25, -0.2) is 4.68 Å². The Hall–Kier alpha value is -2.63. The van der Waals surface area contributed by atoms with Crippen LogP contribution in [0.2, 0.25) is 0 Å². The summed E-state index contributed by atoms with van der Waals surface area (Å²) >= 11 is 0.772. The van der Waals surface area contributed by atoms with Gasteiger partial charge in [-0.15, -0.1) is 10.2 Å². The lowest BCUT2D eigenvalue weighted by atomic mass is 10.2. The van der Waals surface area contributed by atoms with Gasteiger partial charge in [-0.05, 0) is 24.6 Å². The van der Waals surface area contributed by atoms with Crippen molar-refractivity contribution in [2.75, 3.05) is 20.1 Å². The molecule has 2 rings (SSSR count). The van der Waals surface area contributed by atoms with Crippen molar-refractivity contribution in [3.05, 3.63) is 29.6 Å². The predicted octanol–water partition coefficient (Wildman–Crippen LogP) is 1.82. The first-order valence-electron chi connectivity index (χ1n) is 7.60. The number of ether oxygens (including phenoxy) is 2. The van der Waals surface area contributed by atoms with Crippen LogP contribution in [0.4, 0.5) is 13.2 Å². The van der Waals surface area contributed by atoms with E-state index in [-0.39, 0.29) is 11.7 Å². The molecule has 0 saturated carbocycles. The van der Waals surface area contributed by atoms with E-state index in [1.54, 1.807) is 18.2 Å². The number of rotatable bonds is 7. The number of carbonyl (C=O) groups excluding carboxylic acids is 1. The molecule has 0 fully saturated rings. The summed E-state index contributed by atoms with van der Waals surface area (Å²) in [6.07, 6.45) is -4.72. The van der Waals surface area contributed by atoms with E-state index in [1.807, 2.05) is 0 Å². The van der Waals surface area contributed by atoms with Crippen LogP contribution in [0.25, 0.3) is 0 Å². The fourth-order valence-electron chi connectivity index (χ4n) is 2.09. The molecule has 1 atom stereocenters. The number of aromatic nitrogens is 3. The first-order chi connectivity index (χ1) is 12.7. The number of hydrogen-bond donors (Lipinski definition) is 2. The van der Waals surface area contributed by atoms with Crippen LogP contribution in [-0.4, -0.2) is 40.3 Å². The molecular weight excluding hydrogens is 387 g/mol. The SMILES string of the molecule is COc1ccc(CNC(=O)C(C)Sc2nnc(C(F)(F)F)n2N)cc1OC. The van der Waals surface area contributed by atoms with Gasteiger partial charge in [-0.2, -0.15) is 13.2 Å². The minimum Gasteiger partial charge on any atom is -0.493 e. The second-order valence-electron chi connectivity index (χ2n) is 5.34. The van der Waals surface area contributed by atoms with Gasteiger partial charge in [0.05, 0.1) is 19.5 Å². The number of alkyl halides is 3. The molecule has 0 bridgehead atoms. The number of hydrogen-bond acceptors (Lipinski definition) is 7. The summed E-state index contributed by atoms with van der Waals surface area (Å²) in [5.41, 5.74) is 0.763. The molecule has 27 heavy (non-hydrogen) atoms. The van der Waals surface area contributed by atoms with Gasteiger partial charge in [0.25, 0.3) is 5.82 Å². The zero-order valence-corrected chi connectivity index (χ0v) is 15.5. The Morgan fingerprint density at radius 1 is 1.30 bits per heavy atom. The van der Waals surface area contributed by atoms with Crippen LogP contribution in [0.1, 0.15) is 18.3 Å². The van der Waals surface area contributed by atoms with Gasteiger partial charge in [0.1, 0.15) is 0 Å². The average Bonchev–Trinajstić information content (AvgIpc) is 2.99. The van der Waals surface area contributed by atoms with Gasteiger partial charge in [-0.3, -0.25) is 4.79 Å². The molecule has 3 N–H and O–H groups in total. The van der Waals surface area contributed by atoms with E-state index in [0.29, 0.717) is 16.2 Å². The zero-order valence-electron chi connectivity index (χ0n) is 14.7. The van der Waals surface area contributed by atoms with Gasteiger partial charge >= 0.3 is 6.18 Å². The number of methoxy groups -OCH3 is 2. The minimum absolute atomic E-state index is 0.202. The summed E-state index contributed by atoms with van der Waals surface area (Å²) < 4.78 is 48.7. The number of benzene rings is 1. The van der Waals surface area contributed by atoms with Crippen molar-refractivity contribution in [1.29, 1.82) is 0 Å². The Kier molecular flexibility index (Phi) is 6.41. The molecule has 1 unspecified atom stereocenters. The molecule has 148 valence electrons. The lowest BCUT2D eigenvalue weighted by molar-refractivity contribution is -0.146. The second kappa shape index (κ2) is 8.37. The van der Waals surface area contributed by atoms with E-state index < -0.39 is 23.2 Å². The number of amides is 1. The number of nitrogens with zero attached hydrogens (tertiary/aromatic N) is 3. The summed E-state index contributed by atoms with van der Waals surface area (Å²) in [5.74, 6) is 4.70. The maximum Gasteiger partial charge on any atom is 0.453 e. The molecule has 0 aliphatic rings. The second-order valence-corrected chi connectivity index (χ2v) is 6.65. The number of halogens is 3. The van der Waals surface area contributed by atoms with E-state index in [0.717, 1.165) is 17.3 Å². The highest BCUT2D eigenvalue weighted by Crippen LogP contribution is 2.30. The summed E-state index contributed by atoms with van der Waals surface area (Å²) in [6.45, 7) is 1.73. The van der Waals surface area contributed by atoms with Crippen molar-refractivity contribution in [2.45, 2.75) is 30.1 Å². The van der Waals surface area contributed by atoms with Crippen molar-refractivity contribution in [3.63, 3.8) is 0 Å². The third-order valence-electron chi connectivity index (χ3n) is 3.48. The van der Waals surface area contributed by atoms with Gasteiger partial charge < -0.3 is 20.6 Å². The molecule has 0 spiro atoms. The molecule has 0 aliphatic carbocycles. The van der Waals surface area contributed by atoms with Crippen LogP contribution in [0.3, 0.4) is 0 Å². The van der Waals surface area contributed by atoms with Crippen LogP contribution in [0.5, 0.6) is 11.5 Å². The Bertz CT molecular complexity index is 812.